The van der Waals surface area contributed by atoms with Gasteiger partial charge in [-0.2, -0.15) is 0 Å². The van der Waals surface area contributed by atoms with E-state index in [-0.39, 0.29) is 11.7 Å². The first-order valence-corrected chi connectivity index (χ1v) is 5.86. The lowest BCUT2D eigenvalue weighted by Crippen LogP contribution is -2.55. The highest BCUT2D eigenvalue weighted by molar-refractivity contribution is 6.06. The summed E-state index contributed by atoms with van der Waals surface area (Å²) in [6.07, 6.45) is 0.0238. The minimum Gasteiger partial charge on any atom is -0.542 e. The van der Waals surface area contributed by atoms with E-state index in [1.807, 2.05) is 0 Å². The molecule has 102 valence electrons. The SMILES string of the molecule is BOC(=O)C(c1ccc(F)cc1F)N1CC(OC)C1. The molecule has 0 aromatic heterocycles. The maximum absolute atomic E-state index is 13.8. The highest BCUT2D eigenvalue weighted by atomic mass is 19.1. The van der Waals surface area contributed by atoms with Crippen LogP contribution in [0.1, 0.15) is 11.6 Å². The van der Waals surface area contributed by atoms with Crippen LogP contribution in [-0.4, -0.2) is 45.2 Å². The second kappa shape index (κ2) is 5.67. The van der Waals surface area contributed by atoms with Crippen molar-refractivity contribution in [3.63, 3.8) is 0 Å². The van der Waals surface area contributed by atoms with Gasteiger partial charge >= 0.3 is 14.0 Å². The quantitative estimate of drug-likeness (QED) is 0.743. The van der Waals surface area contributed by atoms with Crippen molar-refractivity contribution in [3.8, 4) is 0 Å². The van der Waals surface area contributed by atoms with Crippen molar-refractivity contribution in [1.82, 2.24) is 4.90 Å². The molecule has 7 heteroatoms. The Morgan fingerprint density at radius 2 is 2.16 bits per heavy atom. The third kappa shape index (κ3) is 2.77. The average Bonchev–Trinajstić information content (AvgIpc) is 2.33. The smallest absolute Gasteiger partial charge is 0.326 e. The van der Waals surface area contributed by atoms with Crippen LogP contribution in [0.5, 0.6) is 0 Å². The standard InChI is InChI=1S/C12H14BF2NO3/c1-18-8-5-16(6-8)11(12(17)19-13)9-3-2-7(14)4-10(9)15/h2-4,8,11H,5-6,13H2,1H3. The molecule has 1 aromatic rings. The lowest BCUT2D eigenvalue weighted by molar-refractivity contribution is -0.146. The van der Waals surface area contributed by atoms with Gasteiger partial charge in [-0.05, 0) is 6.07 Å². The lowest BCUT2D eigenvalue weighted by Gasteiger charge is -2.42. The van der Waals surface area contributed by atoms with E-state index in [2.05, 4.69) is 0 Å². The van der Waals surface area contributed by atoms with E-state index in [1.54, 1.807) is 12.0 Å². The van der Waals surface area contributed by atoms with Crippen LogP contribution in [0.4, 0.5) is 8.78 Å². The Balaban J connectivity index is 2.25. The van der Waals surface area contributed by atoms with Gasteiger partial charge in [-0.1, -0.05) is 6.07 Å². The summed E-state index contributed by atoms with van der Waals surface area (Å²) in [5.41, 5.74) is 0.114. The van der Waals surface area contributed by atoms with Gasteiger partial charge in [0.1, 0.15) is 17.7 Å². The number of carbonyl (C=O) groups is 1. The first kappa shape index (κ1) is 14.0. The second-order valence-corrected chi connectivity index (χ2v) is 4.40. The van der Waals surface area contributed by atoms with Gasteiger partial charge in [-0.25, -0.2) is 8.78 Å². The Bertz CT molecular complexity index is 480. The summed E-state index contributed by atoms with van der Waals surface area (Å²) >= 11 is 0. The molecule has 4 nitrogen and oxygen atoms in total. The molecule has 1 heterocycles. The number of rotatable bonds is 4. The van der Waals surface area contributed by atoms with Crippen LogP contribution in [0.15, 0.2) is 18.2 Å². The first-order chi connectivity index (χ1) is 9.06. The monoisotopic (exact) mass is 269 g/mol. The second-order valence-electron chi connectivity index (χ2n) is 4.40. The summed E-state index contributed by atoms with van der Waals surface area (Å²) in [6, 6.07) is 2.30. The number of ether oxygens (including phenoxy) is 1. The zero-order chi connectivity index (χ0) is 14.0. The van der Waals surface area contributed by atoms with Gasteiger partial charge in [0.05, 0.1) is 6.10 Å². The van der Waals surface area contributed by atoms with Crippen LogP contribution in [-0.2, 0) is 14.2 Å². The average molecular weight is 269 g/mol. The zero-order valence-corrected chi connectivity index (χ0v) is 10.7. The van der Waals surface area contributed by atoms with Crippen molar-refractivity contribution in [2.45, 2.75) is 12.1 Å². The molecular weight excluding hydrogens is 255 g/mol. The lowest BCUT2D eigenvalue weighted by atomic mass is 9.99. The largest absolute Gasteiger partial charge is 0.542 e. The number of hydrogen-bond acceptors (Lipinski definition) is 4. The van der Waals surface area contributed by atoms with Gasteiger partial charge in [-0.3, -0.25) is 9.69 Å². The van der Waals surface area contributed by atoms with Gasteiger partial charge in [0.2, 0.25) is 0 Å². The fraction of sp³-hybridized carbons (Fsp3) is 0.417. The summed E-state index contributed by atoms with van der Waals surface area (Å²) < 4.78 is 36.5. The summed E-state index contributed by atoms with van der Waals surface area (Å²) in [7, 11) is 2.82. The Morgan fingerprint density at radius 1 is 1.47 bits per heavy atom. The molecule has 0 radical (unpaired) electrons. The summed E-state index contributed by atoms with van der Waals surface area (Å²) in [5, 5.41) is 0. The van der Waals surface area contributed by atoms with Crippen LogP contribution in [0.3, 0.4) is 0 Å². The Labute approximate surface area is 110 Å². The number of methoxy groups -OCH3 is 1. The van der Waals surface area contributed by atoms with Gasteiger partial charge in [-0.15, -0.1) is 0 Å². The van der Waals surface area contributed by atoms with Crippen LogP contribution in [0.25, 0.3) is 0 Å². The number of likely N-dealkylation sites (tertiary alicyclic amines) is 1. The molecule has 1 aliphatic rings. The molecule has 1 saturated heterocycles. The summed E-state index contributed by atoms with van der Waals surface area (Å²) in [4.78, 5) is 13.5. The normalized spacial score (nSPS) is 17.8. The fourth-order valence-corrected chi connectivity index (χ4v) is 2.14. The van der Waals surface area contributed by atoms with E-state index in [4.69, 9.17) is 9.39 Å². The van der Waals surface area contributed by atoms with Crippen molar-refractivity contribution in [1.29, 1.82) is 0 Å². The Kier molecular flexibility index (Phi) is 4.16. The molecule has 0 N–H and O–H groups in total. The molecule has 2 rings (SSSR count). The zero-order valence-electron chi connectivity index (χ0n) is 10.7. The summed E-state index contributed by atoms with van der Waals surface area (Å²) in [6.45, 7) is 1.01. The summed E-state index contributed by atoms with van der Waals surface area (Å²) in [5.74, 6) is -2.00. The predicted molar refractivity (Wildman–Crippen MR) is 66.1 cm³/mol. The van der Waals surface area contributed by atoms with E-state index >= 15 is 0 Å². The van der Waals surface area contributed by atoms with Crippen LogP contribution >= 0.6 is 0 Å². The van der Waals surface area contributed by atoms with Crippen LogP contribution in [0, 0.1) is 11.6 Å². The molecule has 1 aliphatic heterocycles. The molecule has 0 aliphatic carbocycles. The van der Waals surface area contributed by atoms with Gasteiger partial charge in [0, 0.05) is 31.8 Å². The number of halogens is 2. The molecule has 0 amide bonds. The van der Waals surface area contributed by atoms with Gasteiger partial charge in [0.15, 0.2) is 0 Å². The predicted octanol–water partition coefficient (Wildman–Crippen LogP) is 0.428. The van der Waals surface area contributed by atoms with E-state index in [0.29, 0.717) is 13.1 Å². The minimum atomic E-state index is -0.864. The number of carbonyl (C=O) groups excluding carboxylic acids is 1. The molecule has 1 fully saturated rings. The molecular formula is C12H14BF2NO3. The van der Waals surface area contributed by atoms with Crippen LogP contribution in [0.2, 0.25) is 0 Å². The van der Waals surface area contributed by atoms with Crippen molar-refractivity contribution in [2.24, 2.45) is 0 Å². The van der Waals surface area contributed by atoms with E-state index < -0.39 is 23.6 Å². The van der Waals surface area contributed by atoms with Gasteiger partial charge < -0.3 is 9.39 Å². The third-order valence-corrected chi connectivity index (χ3v) is 3.26. The van der Waals surface area contributed by atoms with Crippen molar-refractivity contribution in [2.75, 3.05) is 20.2 Å². The highest BCUT2D eigenvalue weighted by Gasteiger charge is 2.38. The number of benzene rings is 1. The number of hydrogen-bond donors (Lipinski definition) is 0. The van der Waals surface area contributed by atoms with E-state index in [9.17, 15) is 13.6 Å². The molecule has 1 unspecified atom stereocenters. The van der Waals surface area contributed by atoms with Gasteiger partial charge in [0.25, 0.3) is 0 Å². The Morgan fingerprint density at radius 3 is 2.68 bits per heavy atom. The van der Waals surface area contributed by atoms with Crippen molar-refractivity contribution in [3.05, 3.63) is 35.4 Å². The molecule has 1 atom stereocenters. The Hall–Kier alpha value is -1.47. The van der Waals surface area contributed by atoms with E-state index in [1.165, 1.54) is 14.1 Å². The molecule has 0 bridgehead atoms. The minimum absolute atomic E-state index is 0.0238. The topological polar surface area (TPSA) is 38.8 Å². The molecule has 1 aromatic carbocycles. The van der Waals surface area contributed by atoms with Crippen molar-refractivity contribution >= 4 is 14.0 Å². The van der Waals surface area contributed by atoms with E-state index in [0.717, 1.165) is 12.1 Å². The number of nitrogens with zero attached hydrogens (tertiary/aromatic N) is 1. The highest BCUT2D eigenvalue weighted by Crippen LogP contribution is 2.30. The molecule has 19 heavy (non-hydrogen) atoms. The fourth-order valence-electron chi connectivity index (χ4n) is 2.14. The first-order valence-electron chi connectivity index (χ1n) is 5.86. The third-order valence-electron chi connectivity index (χ3n) is 3.26. The molecule has 0 spiro atoms. The molecule has 0 saturated carbocycles. The maximum atomic E-state index is 13.8. The van der Waals surface area contributed by atoms with Crippen molar-refractivity contribution < 1.29 is 23.0 Å². The van der Waals surface area contributed by atoms with Crippen LogP contribution < -0.4 is 0 Å². The maximum Gasteiger partial charge on any atom is 0.326 e.